The molecule has 1 aromatic carbocycles. The van der Waals surface area contributed by atoms with Crippen LogP contribution >= 0.6 is 11.6 Å². The number of aliphatic hydroxyl groups is 1. The molecule has 1 N–H and O–H groups in total. The second kappa shape index (κ2) is 8.13. The van der Waals surface area contributed by atoms with Crippen molar-refractivity contribution in [3.8, 4) is 11.3 Å². The van der Waals surface area contributed by atoms with Crippen LogP contribution in [0, 0.1) is 17.0 Å². The predicted molar refractivity (Wildman–Crippen MR) is 122 cm³/mol. The number of Topliss-reactive ketones (excluding diaryl/α,β-unsaturated/α-hetero) is 1. The highest BCUT2D eigenvalue weighted by Crippen LogP contribution is 2.70. The van der Waals surface area contributed by atoms with E-state index < -0.39 is 17.0 Å². The average Bonchev–Trinajstić information content (AvgIpc) is 3.18. The van der Waals surface area contributed by atoms with Crippen molar-refractivity contribution >= 4 is 17.4 Å². The van der Waals surface area contributed by atoms with E-state index in [1.54, 1.807) is 6.07 Å². The molecule has 2 aliphatic rings. The summed E-state index contributed by atoms with van der Waals surface area (Å²) < 4.78 is 28.9. The van der Waals surface area contributed by atoms with Crippen LogP contribution in [0.1, 0.15) is 73.0 Å². The van der Waals surface area contributed by atoms with E-state index in [4.69, 9.17) is 16.7 Å². The van der Waals surface area contributed by atoms with Crippen LogP contribution < -0.4 is 0 Å². The number of aliphatic hydroxyl groups excluding tert-OH is 1. The minimum Gasteiger partial charge on any atom is -0.396 e. The molecule has 2 aliphatic carbocycles. The van der Waals surface area contributed by atoms with E-state index in [-0.39, 0.29) is 47.2 Å². The molecule has 9 heteroatoms. The summed E-state index contributed by atoms with van der Waals surface area (Å²) in [5.74, 6) is -1.57. The molecule has 0 saturated heterocycles. The topological polar surface area (TPSA) is 88.9 Å². The molecule has 2 bridgehead atoms. The number of hydrogen-bond donors (Lipinski definition) is 1. The third kappa shape index (κ3) is 3.11. The summed E-state index contributed by atoms with van der Waals surface area (Å²) in [6.07, 6.45) is 3.38. The van der Waals surface area contributed by atoms with Gasteiger partial charge in [-0.2, -0.15) is 5.10 Å². The highest BCUT2D eigenvalue weighted by atomic mass is 35.5. The van der Waals surface area contributed by atoms with Crippen LogP contribution in [0.25, 0.3) is 11.3 Å². The van der Waals surface area contributed by atoms with Crippen molar-refractivity contribution in [1.29, 1.82) is 0 Å². The highest BCUT2D eigenvalue weighted by Gasteiger charge is 2.65. The first-order valence-corrected chi connectivity index (χ1v) is 11.6. The van der Waals surface area contributed by atoms with Gasteiger partial charge in [0.1, 0.15) is 11.6 Å². The molecule has 0 aliphatic heterocycles. The lowest BCUT2D eigenvalue weighted by Gasteiger charge is -2.37. The van der Waals surface area contributed by atoms with E-state index in [2.05, 4.69) is 34.0 Å². The Bertz CT molecular complexity index is 1300. The molecule has 0 spiro atoms. The second-order valence-electron chi connectivity index (χ2n) is 9.49. The Labute approximate surface area is 200 Å². The number of rotatable bonds is 6. The molecule has 1 saturated carbocycles. The van der Waals surface area contributed by atoms with Gasteiger partial charge in [0.05, 0.1) is 39.3 Å². The Morgan fingerprint density at radius 1 is 1.21 bits per heavy atom. The van der Waals surface area contributed by atoms with Gasteiger partial charge in [-0.25, -0.2) is 18.7 Å². The fourth-order valence-corrected chi connectivity index (χ4v) is 6.12. The Morgan fingerprint density at radius 2 is 1.94 bits per heavy atom. The van der Waals surface area contributed by atoms with Crippen molar-refractivity contribution in [3.05, 3.63) is 69.9 Å². The molecule has 0 unspecified atom stereocenters. The van der Waals surface area contributed by atoms with Gasteiger partial charge in [-0.1, -0.05) is 31.5 Å². The summed E-state index contributed by atoms with van der Waals surface area (Å²) in [4.78, 5) is 21.3. The zero-order chi connectivity index (χ0) is 24.3. The van der Waals surface area contributed by atoms with Gasteiger partial charge in [-0.15, -0.1) is 5.10 Å². The predicted octanol–water partition coefficient (Wildman–Crippen LogP) is 5.02. The molecule has 2 atom stereocenters. The maximum atomic E-state index is 14.4. The number of fused-ring (bicyclic) bond motifs is 5. The largest absolute Gasteiger partial charge is 0.396 e. The first-order valence-electron chi connectivity index (χ1n) is 11.2. The maximum absolute atomic E-state index is 14.4. The van der Waals surface area contributed by atoms with E-state index in [1.165, 1.54) is 24.4 Å². The van der Waals surface area contributed by atoms with Gasteiger partial charge < -0.3 is 5.11 Å². The Kier molecular flexibility index (Phi) is 5.48. The number of aromatic nitrogens is 4. The third-order valence-electron chi connectivity index (χ3n) is 7.56. The van der Waals surface area contributed by atoms with E-state index in [9.17, 15) is 13.6 Å². The molecule has 0 radical (unpaired) electrons. The SMILES string of the molecule is CC1(C)[C@H]2CC[C@]1(c1nc(C(=O)CCCO)ncc1Cl)c1nnc(-c3c(F)cccc3F)cc12. The fourth-order valence-electron chi connectivity index (χ4n) is 5.87. The highest BCUT2D eigenvalue weighted by molar-refractivity contribution is 6.31. The summed E-state index contributed by atoms with van der Waals surface area (Å²) >= 11 is 6.61. The lowest BCUT2D eigenvalue weighted by atomic mass is 9.66. The van der Waals surface area contributed by atoms with Crippen LogP contribution in [0.4, 0.5) is 8.78 Å². The van der Waals surface area contributed by atoms with Crippen molar-refractivity contribution < 1.29 is 18.7 Å². The smallest absolute Gasteiger partial charge is 0.200 e. The number of benzene rings is 1. The number of halogens is 3. The molecular formula is C25H23ClF2N4O2. The monoisotopic (exact) mass is 484 g/mol. The summed E-state index contributed by atoms with van der Waals surface area (Å²) in [6, 6.07) is 5.42. The third-order valence-corrected chi connectivity index (χ3v) is 7.84. The Hall–Kier alpha value is -2.84. The van der Waals surface area contributed by atoms with Gasteiger partial charge in [0.15, 0.2) is 11.6 Å². The van der Waals surface area contributed by atoms with Crippen LogP contribution in [0.2, 0.25) is 5.02 Å². The molecule has 2 heterocycles. The van der Waals surface area contributed by atoms with Crippen molar-refractivity contribution in [3.63, 3.8) is 0 Å². The van der Waals surface area contributed by atoms with Gasteiger partial charge in [0.2, 0.25) is 0 Å². The molecule has 2 aromatic heterocycles. The normalized spacial score (nSPS) is 22.1. The van der Waals surface area contributed by atoms with Crippen LogP contribution in [0.15, 0.2) is 30.5 Å². The number of carbonyl (C=O) groups is 1. The molecular weight excluding hydrogens is 462 g/mol. The Morgan fingerprint density at radius 3 is 2.65 bits per heavy atom. The van der Waals surface area contributed by atoms with Crippen molar-refractivity contribution in [2.45, 2.75) is 50.9 Å². The standard InChI is InChI=1S/C25H23ClF2N4O2/c1-24(2)14-8-9-25(24,22-15(26)12-29-23(30-22)19(34)7-4-10-33)21-13(14)11-18(31-32-21)20-16(27)5-3-6-17(20)28/h3,5-6,11-12,14,33H,4,7-10H2,1-2H3/t14-,25+/m0/s1. The second-order valence-corrected chi connectivity index (χ2v) is 9.90. The summed E-state index contributed by atoms with van der Waals surface area (Å²) in [5.41, 5.74) is 0.876. The van der Waals surface area contributed by atoms with E-state index in [1.807, 2.05) is 0 Å². The van der Waals surface area contributed by atoms with Crippen molar-refractivity contribution in [1.82, 2.24) is 20.2 Å². The van der Waals surface area contributed by atoms with Gasteiger partial charge in [-0.3, -0.25) is 4.79 Å². The van der Waals surface area contributed by atoms with Crippen LogP contribution in [-0.2, 0) is 5.41 Å². The molecule has 6 nitrogen and oxygen atoms in total. The lowest BCUT2D eigenvalue weighted by molar-refractivity contribution is 0.0960. The van der Waals surface area contributed by atoms with E-state index in [0.29, 0.717) is 29.3 Å². The minimum atomic E-state index is -0.724. The molecule has 0 amide bonds. The fraction of sp³-hybridized carbons (Fsp3) is 0.400. The van der Waals surface area contributed by atoms with Gasteiger partial charge in [0.25, 0.3) is 0 Å². The summed E-state index contributed by atoms with van der Waals surface area (Å²) in [5, 5.41) is 18.1. The van der Waals surface area contributed by atoms with E-state index in [0.717, 1.165) is 12.0 Å². The average molecular weight is 485 g/mol. The minimum absolute atomic E-state index is 0.0474. The summed E-state index contributed by atoms with van der Waals surface area (Å²) in [7, 11) is 0. The van der Waals surface area contributed by atoms with Crippen LogP contribution in [0.3, 0.4) is 0 Å². The molecule has 34 heavy (non-hydrogen) atoms. The zero-order valence-corrected chi connectivity index (χ0v) is 19.5. The zero-order valence-electron chi connectivity index (χ0n) is 18.8. The first kappa shape index (κ1) is 22.9. The number of carbonyl (C=O) groups excluding carboxylic acids is 1. The van der Waals surface area contributed by atoms with Crippen molar-refractivity contribution in [2.75, 3.05) is 6.61 Å². The molecule has 176 valence electrons. The maximum Gasteiger partial charge on any atom is 0.200 e. The summed E-state index contributed by atoms with van der Waals surface area (Å²) in [6.45, 7) is 4.10. The molecule has 5 rings (SSSR count). The molecule has 3 aromatic rings. The number of hydrogen-bond acceptors (Lipinski definition) is 6. The Balaban J connectivity index is 1.67. The van der Waals surface area contributed by atoms with Gasteiger partial charge in [-0.05, 0) is 54.4 Å². The lowest BCUT2D eigenvalue weighted by Crippen LogP contribution is -2.38. The van der Waals surface area contributed by atoms with Gasteiger partial charge >= 0.3 is 0 Å². The van der Waals surface area contributed by atoms with Crippen LogP contribution in [0.5, 0.6) is 0 Å². The quantitative estimate of drug-likeness (QED) is 0.494. The van der Waals surface area contributed by atoms with Gasteiger partial charge in [0, 0.05) is 13.0 Å². The molecule has 1 fully saturated rings. The van der Waals surface area contributed by atoms with Crippen molar-refractivity contribution in [2.24, 2.45) is 5.41 Å². The first-order chi connectivity index (χ1) is 16.2. The number of nitrogens with zero attached hydrogens (tertiary/aromatic N) is 4. The number of ketones is 1. The van der Waals surface area contributed by atoms with Crippen LogP contribution in [-0.4, -0.2) is 37.7 Å². The van der Waals surface area contributed by atoms with E-state index >= 15 is 0 Å².